The normalized spacial score (nSPS) is 13.4. The number of carbonyl (C=O) groups excluding carboxylic acids is 1. The number of ether oxygens (including phenoxy) is 3. The average molecular weight is 499 g/mol. The van der Waals surface area contributed by atoms with Crippen molar-refractivity contribution in [3.63, 3.8) is 0 Å². The van der Waals surface area contributed by atoms with E-state index in [4.69, 9.17) is 19.3 Å². The third-order valence-electron chi connectivity index (χ3n) is 6.61. The highest BCUT2D eigenvalue weighted by molar-refractivity contribution is 5.95. The molecule has 0 N–H and O–H groups in total. The highest BCUT2D eigenvalue weighted by atomic mass is 16.5. The zero-order valence-electron chi connectivity index (χ0n) is 21.3. The van der Waals surface area contributed by atoms with Gasteiger partial charge >= 0.3 is 0 Å². The van der Waals surface area contributed by atoms with Crippen LogP contribution in [0.3, 0.4) is 0 Å². The monoisotopic (exact) mass is 498 g/mol. The quantitative estimate of drug-likeness (QED) is 0.373. The molecule has 0 spiro atoms. The van der Waals surface area contributed by atoms with Crippen molar-refractivity contribution in [1.29, 1.82) is 0 Å². The number of amides is 1. The van der Waals surface area contributed by atoms with Gasteiger partial charge in [0.1, 0.15) is 22.9 Å². The zero-order valence-corrected chi connectivity index (χ0v) is 21.3. The van der Waals surface area contributed by atoms with Crippen molar-refractivity contribution >= 4 is 11.6 Å². The molecule has 1 fully saturated rings. The molecular formula is C29H30N4O4. The van der Waals surface area contributed by atoms with Crippen molar-refractivity contribution in [3.05, 3.63) is 84.6 Å². The van der Waals surface area contributed by atoms with Crippen LogP contribution in [0.25, 0.3) is 16.9 Å². The van der Waals surface area contributed by atoms with E-state index in [1.54, 1.807) is 26.0 Å². The van der Waals surface area contributed by atoms with Crippen molar-refractivity contribution in [2.75, 3.05) is 52.4 Å². The van der Waals surface area contributed by atoms with Gasteiger partial charge in [0.25, 0.3) is 5.91 Å². The lowest BCUT2D eigenvalue weighted by Crippen LogP contribution is -2.49. The summed E-state index contributed by atoms with van der Waals surface area (Å²) in [5, 5.41) is 4.84. The highest BCUT2D eigenvalue weighted by Crippen LogP contribution is 2.34. The lowest BCUT2D eigenvalue weighted by atomic mass is 10.1. The lowest BCUT2D eigenvalue weighted by Gasteiger charge is -2.36. The largest absolute Gasteiger partial charge is 0.497 e. The Labute approximate surface area is 216 Å². The Balaban J connectivity index is 1.45. The first-order chi connectivity index (χ1) is 18.1. The number of anilines is 1. The molecule has 8 heteroatoms. The van der Waals surface area contributed by atoms with Gasteiger partial charge < -0.3 is 24.0 Å². The van der Waals surface area contributed by atoms with Gasteiger partial charge in [0.15, 0.2) is 0 Å². The van der Waals surface area contributed by atoms with Crippen molar-refractivity contribution < 1.29 is 19.0 Å². The maximum Gasteiger partial charge on any atom is 0.272 e. The molecule has 5 rings (SSSR count). The second-order valence-corrected chi connectivity index (χ2v) is 8.68. The van der Waals surface area contributed by atoms with Gasteiger partial charge in [-0.15, -0.1) is 0 Å². The molecule has 0 saturated carbocycles. The van der Waals surface area contributed by atoms with Crippen LogP contribution in [0.15, 0.2) is 78.9 Å². The fraction of sp³-hybridized carbons (Fsp3) is 0.241. The summed E-state index contributed by atoms with van der Waals surface area (Å²) in [5.74, 6) is 2.09. The molecule has 1 saturated heterocycles. The van der Waals surface area contributed by atoms with Gasteiger partial charge in [-0.2, -0.15) is 5.10 Å². The maximum atomic E-state index is 13.8. The molecule has 1 aliphatic heterocycles. The number of carbonyl (C=O) groups is 1. The number of piperazine rings is 1. The second-order valence-electron chi connectivity index (χ2n) is 8.68. The van der Waals surface area contributed by atoms with Gasteiger partial charge in [-0.25, -0.2) is 4.68 Å². The molecule has 2 heterocycles. The summed E-state index contributed by atoms with van der Waals surface area (Å²) in [6.45, 7) is 2.62. The first-order valence-electron chi connectivity index (χ1n) is 12.2. The summed E-state index contributed by atoms with van der Waals surface area (Å²) in [6.07, 6.45) is 0. The summed E-state index contributed by atoms with van der Waals surface area (Å²) in [6, 6.07) is 25.1. The van der Waals surface area contributed by atoms with Crippen LogP contribution in [0, 0.1) is 0 Å². The van der Waals surface area contributed by atoms with Crippen molar-refractivity contribution in [2.45, 2.75) is 0 Å². The zero-order chi connectivity index (χ0) is 25.8. The predicted molar refractivity (Wildman–Crippen MR) is 143 cm³/mol. The molecule has 0 unspecified atom stereocenters. The Hall–Kier alpha value is -4.46. The van der Waals surface area contributed by atoms with E-state index in [0.29, 0.717) is 49.1 Å². The molecule has 0 aliphatic carbocycles. The van der Waals surface area contributed by atoms with Gasteiger partial charge in [0.05, 0.1) is 38.4 Å². The number of aromatic nitrogens is 2. The van der Waals surface area contributed by atoms with E-state index in [2.05, 4.69) is 11.0 Å². The van der Waals surface area contributed by atoms with Crippen molar-refractivity contribution in [3.8, 4) is 34.2 Å². The van der Waals surface area contributed by atoms with Crippen molar-refractivity contribution in [1.82, 2.24) is 14.7 Å². The Morgan fingerprint density at radius 1 is 0.757 bits per heavy atom. The smallest absolute Gasteiger partial charge is 0.272 e. The average Bonchev–Trinajstić information content (AvgIpc) is 3.42. The number of benzene rings is 3. The number of methoxy groups -OCH3 is 3. The highest BCUT2D eigenvalue weighted by Gasteiger charge is 2.27. The van der Waals surface area contributed by atoms with E-state index in [-0.39, 0.29) is 5.91 Å². The van der Waals surface area contributed by atoms with E-state index >= 15 is 0 Å². The molecule has 0 bridgehead atoms. The van der Waals surface area contributed by atoms with Crippen LogP contribution in [0.4, 0.5) is 5.69 Å². The first-order valence-corrected chi connectivity index (χ1v) is 12.2. The van der Waals surface area contributed by atoms with Gasteiger partial charge in [-0.1, -0.05) is 30.3 Å². The molecule has 190 valence electrons. The van der Waals surface area contributed by atoms with Crippen LogP contribution < -0.4 is 19.1 Å². The summed E-state index contributed by atoms with van der Waals surface area (Å²) in [5.41, 5.74) is 3.80. The minimum absolute atomic E-state index is 0.0604. The number of para-hydroxylation sites is 3. The van der Waals surface area contributed by atoms with E-state index in [1.807, 2.05) is 77.7 Å². The van der Waals surface area contributed by atoms with E-state index in [1.165, 1.54) is 0 Å². The molecule has 1 aromatic heterocycles. The second kappa shape index (κ2) is 10.7. The van der Waals surface area contributed by atoms with E-state index in [0.717, 1.165) is 22.7 Å². The standard InChI is InChI=1S/C29H30N4O4/c1-35-22-13-14-23(28(19-22)37-3)24-20-26(33(30-24)21-9-5-4-6-10-21)29(34)32-17-15-31(16-18-32)25-11-7-8-12-27(25)36-2/h4-14,19-20H,15-18H2,1-3H3. The Kier molecular flexibility index (Phi) is 6.98. The van der Waals surface area contributed by atoms with Crippen LogP contribution in [0.1, 0.15) is 10.5 Å². The summed E-state index contributed by atoms with van der Waals surface area (Å²) in [4.78, 5) is 18.0. The maximum absolute atomic E-state index is 13.8. The molecular weight excluding hydrogens is 468 g/mol. The molecule has 0 atom stereocenters. The molecule has 37 heavy (non-hydrogen) atoms. The Morgan fingerprint density at radius 2 is 1.46 bits per heavy atom. The fourth-order valence-electron chi connectivity index (χ4n) is 4.64. The molecule has 1 amide bonds. The van der Waals surface area contributed by atoms with Gasteiger partial charge in [0, 0.05) is 37.8 Å². The van der Waals surface area contributed by atoms with Crippen LogP contribution in [-0.4, -0.2) is 68.1 Å². The van der Waals surface area contributed by atoms with Gasteiger partial charge in [0.2, 0.25) is 0 Å². The number of hydrogen-bond acceptors (Lipinski definition) is 6. The van der Waals surface area contributed by atoms with Crippen LogP contribution in [-0.2, 0) is 0 Å². The summed E-state index contributed by atoms with van der Waals surface area (Å²) in [7, 11) is 4.90. The number of hydrogen-bond donors (Lipinski definition) is 0. The summed E-state index contributed by atoms with van der Waals surface area (Å²) < 4.78 is 18.2. The molecule has 8 nitrogen and oxygen atoms in total. The summed E-state index contributed by atoms with van der Waals surface area (Å²) >= 11 is 0. The molecule has 3 aromatic carbocycles. The lowest BCUT2D eigenvalue weighted by molar-refractivity contribution is 0.0737. The third-order valence-corrected chi connectivity index (χ3v) is 6.61. The third kappa shape index (κ3) is 4.82. The fourth-order valence-corrected chi connectivity index (χ4v) is 4.64. The SMILES string of the molecule is COc1ccc(-c2cc(C(=O)N3CCN(c4ccccc4OC)CC3)n(-c3ccccc3)n2)c(OC)c1. The minimum Gasteiger partial charge on any atom is -0.497 e. The molecule has 1 aliphatic rings. The van der Waals surface area contributed by atoms with Gasteiger partial charge in [-0.3, -0.25) is 4.79 Å². The number of nitrogens with zero attached hydrogens (tertiary/aromatic N) is 4. The van der Waals surface area contributed by atoms with Crippen molar-refractivity contribution in [2.24, 2.45) is 0 Å². The van der Waals surface area contributed by atoms with Crippen LogP contribution >= 0.6 is 0 Å². The Morgan fingerprint density at radius 3 is 2.16 bits per heavy atom. The molecule has 0 radical (unpaired) electrons. The predicted octanol–water partition coefficient (Wildman–Crippen LogP) is 4.53. The molecule has 4 aromatic rings. The number of rotatable bonds is 7. The van der Waals surface area contributed by atoms with Crippen LogP contribution in [0.5, 0.6) is 17.2 Å². The van der Waals surface area contributed by atoms with E-state index < -0.39 is 0 Å². The first kappa shape index (κ1) is 24.2. The van der Waals surface area contributed by atoms with Gasteiger partial charge in [-0.05, 0) is 42.5 Å². The topological polar surface area (TPSA) is 69.1 Å². The van der Waals surface area contributed by atoms with E-state index in [9.17, 15) is 4.79 Å². The minimum atomic E-state index is -0.0604. The van der Waals surface area contributed by atoms with Crippen LogP contribution in [0.2, 0.25) is 0 Å². The Bertz CT molecular complexity index is 1380.